The summed E-state index contributed by atoms with van der Waals surface area (Å²) in [4.78, 5) is 20.7. The van der Waals surface area contributed by atoms with Crippen molar-refractivity contribution in [1.29, 1.82) is 0 Å². The van der Waals surface area contributed by atoms with E-state index in [9.17, 15) is 14.9 Å². The molecule has 0 aromatic rings. The van der Waals surface area contributed by atoms with Crippen molar-refractivity contribution in [2.75, 3.05) is 6.54 Å². The van der Waals surface area contributed by atoms with Crippen molar-refractivity contribution >= 4 is 5.97 Å². The minimum absolute atomic E-state index is 0.283. The Morgan fingerprint density at radius 2 is 1.82 bits per heavy atom. The van der Waals surface area contributed by atoms with E-state index in [0.29, 0.717) is 6.42 Å². The third-order valence-electron chi connectivity index (χ3n) is 2.56. The van der Waals surface area contributed by atoms with Gasteiger partial charge in [-0.1, -0.05) is 39.0 Å². The molecular weight excluding hydrogens is 222 g/mol. The molecule has 0 aromatic heterocycles. The van der Waals surface area contributed by atoms with Crippen LogP contribution in [0, 0.1) is 10.1 Å². The first-order chi connectivity index (χ1) is 8.06. The lowest BCUT2D eigenvalue weighted by atomic mass is 10.1. The van der Waals surface area contributed by atoms with Gasteiger partial charge in [0.2, 0.25) is 6.54 Å². The fraction of sp³-hybridized carbons (Fsp3) is 0.917. The fourth-order valence-electron chi connectivity index (χ4n) is 1.74. The number of hydrogen-bond acceptors (Lipinski definition) is 4. The molecule has 0 spiro atoms. The van der Waals surface area contributed by atoms with Gasteiger partial charge in [-0.05, 0) is 12.8 Å². The predicted octanol–water partition coefficient (Wildman–Crippen LogP) is 2.95. The highest BCUT2D eigenvalue weighted by molar-refractivity contribution is 5.66. The molecular formula is C12H23NO4. The fourth-order valence-corrected chi connectivity index (χ4v) is 1.74. The van der Waals surface area contributed by atoms with E-state index < -0.39 is 17.0 Å². The summed E-state index contributed by atoms with van der Waals surface area (Å²) in [6.07, 6.45) is 6.77. The van der Waals surface area contributed by atoms with Crippen LogP contribution in [0.15, 0.2) is 0 Å². The standard InChI is InChI=1S/C12H23NO4/c1-3-4-5-6-7-8-9-12(10-13(15)16)17-11(2)14/h12H,3-10H2,1-2H3. The van der Waals surface area contributed by atoms with Crippen LogP contribution < -0.4 is 0 Å². The first-order valence-corrected chi connectivity index (χ1v) is 6.35. The van der Waals surface area contributed by atoms with E-state index in [0.717, 1.165) is 19.3 Å². The summed E-state index contributed by atoms with van der Waals surface area (Å²) in [7, 11) is 0. The van der Waals surface area contributed by atoms with Gasteiger partial charge >= 0.3 is 5.97 Å². The Bertz CT molecular complexity index is 215. The summed E-state index contributed by atoms with van der Waals surface area (Å²) in [5, 5.41) is 10.4. The normalized spacial score (nSPS) is 12.1. The molecule has 0 aliphatic heterocycles. The van der Waals surface area contributed by atoms with Gasteiger partial charge in [0.25, 0.3) is 0 Å². The van der Waals surface area contributed by atoms with Crippen molar-refractivity contribution in [3.05, 3.63) is 10.1 Å². The molecule has 0 amide bonds. The molecule has 0 fully saturated rings. The number of nitrogens with zero attached hydrogens (tertiary/aromatic N) is 1. The number of carbonyl (C=O) groups is 1. The van der Waals surface area contributed by atoms with Gasteiger partial charge in [0.05, 0.1) is 0 Å². The van der Waals surface area contributed by atoms with Crippen molar-refractivity contribution in [2.24, 2.45) is 0 Å². The van der Waals surface area contributed by atoms with Gasteiger partial charge in [-0.3, -0.25) is 14.9 Å². The number of nitro groups is 1. The minimum Gasteiger partial charge on any atom is -0.456 e. The lowest BCUT2D eigenvalue weighted by Crippen LogP contribution is -2.25. The van der Waals surface area contributed by atoms with E-state index in [4.69, 9.17) is 4.74 Å². The number of unbranched alkanes of at least 4 members (excludes halogenated alkanes) is 5. The lowest BCUT2D eigenvalue weighted by Gasteiger charge is -2.12. The molecule has 17 heavy (non-hydrogen) atoms. The van der Waals surface area contributed by atoms with Crippen LogP contribution in [-0.4, -0.2) is 23.5 Å². The van der Waals surface area contributed by atoms with Crippen LogP contribution in [0.1, 0.15) is 58.8 Å². The molecule has 0 aliphatic carbocycles. The highest BCUT2D eigenvalue weighted by Gasteiger charge is 2.17. The van der Waals surface area contributed by atoms with Gasteiger partial charge in [0, 0.05) is 11.8 Å². The Morgan fingerprint density at radius 3 is 2.35 bits per heavy atom. The first kappa shape index (κ1) is 15.9. The van der Waals surface area contributed by atoms with Crippen LogP contribution in [0.4, 0.5) is 0 Å². The number of rotatable bonds is 10. The molecule has 5 heteroatoms. The van der Waals surface area contributed by atoms with Crippen LogP contribution in [0.3, 0.4) is 0 Å². The Balaban J connectivity index is 3.68. The molecule has 0 saturated heterocycles. The molecule has 0 N–H and O–H groups in total. The summed E-state index contributed by atoms with van der Waals surface area (Å²) < 4.78 is 4.91. The number of hydrogen-bond donors (Lipinski definition) is 0. The zero-order chi connectivity index (χ0) is 13.1. The summed E-state index contributed by atoms with van der Waals surface area (Å²) in [6, 6.07) is 0. The number of ether oxygens (including phenoxy) is 1. The van der Waals surface area contributed by atoms with Crippen molar-refractivity contribution in [3.63, 3.8) is 0 Å². The van der Waals surface area contributed by atoms with Crippen LogP contribution in [0.2, 0.25) is 0 Å². The third kappa shape index (κ3) is 11.1. The minimum atomic E-state index is -0.561. The molecule has 1 unspecified atom stereocenters. The van der Waals surface area contributed by atoms with E-state index in [1.54, 1.807) is 0 Å². The molecule has 0 saturated carbocycles. The monoisotopic (exact) mass is 245 g/mol. The second kappa shape index (κ2) is 10.1. The predicted molar refractivity (Wildman–Crippen MR) is 65.4 cm³/mol. The average molecular weight is 245 g/mol. The maximum Gasteiger partial charge on any atom is 0.303 e. The maximum absolute atomic E-state index is 10.8. The molecule has 0 aliphatic rings. The third-order valence-corrected chi connectivity index (χ3v) is 2.56. The van der Waals surface area contributed by atoms with E-state index >= 15 is 0 Å². The SMILES string of the molecule is CCCCCCCCC(C[N+](=O)[O-])OC(C)=O. The van der Waals surface area contributed by atoms with Crippen molar-refractivity contribution in [3.8, 4) is 0 Å². The maximum atomic E-state index is 10.8. The zero-order valence-corrected chi connectivity index (χ0v) is 10.8. The Hall–Kier alpha value is -1.13. The molecule has 1 atom stereocenters. The second-order valence-corrected chi connectivity index (χ2v) is 4.30. The quantitative estimate of drug-likeness (QED) is 0.257. The van der Waals surface area contributed by atoms with Gasteiger partial charge in [-0.15, -0.1) is 0 Å². The van der Waals surface area contributed by atoms with Crippen molar-refractivity contribution in [1.82, 2.24) is 0 Å². The lowest BCUT2D eigenvalue weighted by molar-refractivity contribution is -0.490. The Kier molecular flexibility index (Phi) is 9.38. The number of esters is 1. The van der Waals surface area contributed by atoms with E-state index in [-0.39, 0.29) is 6.54 Å². The van der Waals surface area contributed by atoms with E-state index in [2.05, 4.69) is 6.92 Å². The second-order valence-electron chi connectivity index (χ2n) is 4.30. The van der Waals surface area contributed by atoms with Crippen LogP contribution in [-0.2, 0) is 9.53 Å². The zero-order valence-electron chi connectivity index (χ0n) is 10.8. The molecule has 0 aromatic carbocycles. The average Bonchev–Trinajstić information content (AvgIpc) is 2.21. The summed E-state index contributed by atoms with van der Waals surface area (Å²) in [5.74, 6) is -0.442. The Morgan fingerprint density at radius 1 is 1.24 bits per heavy atom. The summed E-state index contributed by atoms with van der Waals surface area (Å²) in [5.41, 5.74) is 0. The molecule has 0 heterocycles. The summed E-state index contributed by atoms with van der Waals surface area (Å²) >= 11 is 0. The van der Waals surface area contributed by atoms with Gasteiger partial charge in [-0.2, -0.15) is 0 Å². The Labute approximate surface area is 103 Å². The van der Waals surface area contributed by atoms with Crippen molar-refractivity contribution in [2.45, 2.75) is 64.9 Å². The summed E-state index contributed by atoms with van der Waals surface area (Å²) in [6.45, 7) is 3.16. The van der Waals surface area contributed by atoms with Crippen LogP contribution >= 0.6 is 0 Å². The van der Waals surface area contributed by atoms with Gasteiger partial charge in [-0.25, -0.2) is 0 Å². The smallest absolute Gasteiger partial charge is 0.303 e. The molecule has 5 nitrogen and oxygen atoms in total. The van der Waals surface area contributed by atoms with Gasteiger partial charge in [0.15, 0.2) is 6.10 Å². The van der Waals surface area contributed by atoms with Crippen LogP contribution in [0.25, 0.3) is 0 Å². The molecule has 0 radical (unpaired) electrons. The molecule has 100 valence electrons. The van der Waals surface area contributed by atoms with Gasteiger partial charge in [0.1, 0.15) is 0 Å². The van der Waals surface area contributed by atoms with Crippen LogP contribution in [0.5, 0.6) is 0 Å². The van der Waals surface area contributed by atoms with Crippen molar-refractivity contribution < 1.29 is 14.5 Å². The van der Waals surface area contributed by atoms with E-state index in [1.807, 2.05) is 0 Å². The molecule has 0 rings (SSSR count). The highest BCUT2D eigenvalue weighted by atomic mass is 16.6. The first-order valence-electron chi connectivity index (χ1n) is 6.35. The van der Waals surface area contributed by atoms with E-state index in [1.165, 1.54) is 26.2 Å². The number of carbonyl (C=O) groups excluding carboxylic acids is 1. The highest BCUT2D eigenvalue weighted by Crippen LogP contribution is 2.10. The van der Waals surface area contributed by atoms with Gasteiger partial charge < -0.3 is 4.74 Å². The topological polar surface area (TPSA) is 69.4 Å². The molecule has 0 bridgehead atoms. The largest absolute Gasteiger partial charge is 0.456 e.